The molecule has 29 heavy (non-hydrogen) atoms. The molecule has 9 heteroatoms. The molecule has 0 saturated heterocycles. The summed E-state index contributed by atoms with van der Waals surface area (Å²) < 4.78 is 47.6. The van der Waals surface area contributed by atoms with E-state index in [1.165, 1.54) is 12.1 Å². The molecule has 0 saturated carbocycles. The maximum atomic E-state index is 14.2. The van der Waals surface area contributed by atoms with Crippen molar-refractivity contribution in [3.8, 4) is 0 Å². The number of alkyl halides is 3. The molecule has 154 valence electrons. The first-order chi connectivity index (χ1) is 13.6. The standard InChI is InChI=1S/C20H17Cl2F3N2O2/c1-3-29-18(28)14-6-4-5-13(11(14)2)15-9-19(10-26-15,20(23,24)25)12-7-16(21)27-17(22)8-12/h4-8H,3,9-10H2,1-2H3. The fourth-order valence-electron chi connectivity index (χ4n) is 3.47. The lowest BCUT2D eigenvalue weighted by atomic mass is 9.76. The Bertz CT molecular complexity index is 972. The molecule has 0 bridgehead atoms. The highest BCUT2D eigenvalue weighted by Crippen LogP contribution is 2.48. The Morgan fingerprint density at radius 2 is 1.90 bits per heavy atom. The molecule has 2 aromatic rings. The molecule has 0 aliphatic carbocycles. The molecule has 1 aromatic heterocycles. The third-order valence-corrected chi connectivity index (χ3v) is 5.39. The van der Waals surface area contributed by atoms with Gasteiger partial charge in [0.1, 0.15) is 15.7 Å². The number of hydrogen-bond donors (Lipinski definition) is 0. The molecule has 0 spiro atoms. The van der Waals surface area contributed by atoms with Crippen LogP contribution in [-0.2, 0) is 10.2 Å². The predicted molar refractivity (Wildman–Crippen MR) is 105 cm³/mol. The van der Waals surface area contributed by atoms with Gasteiger partial charge >= 0.3 is 12.1 Å². The summed E-state index contributed by atoms with van der Waals surface area (Å²) in [5, 5.41) is -0.241. The van der Waals surface area contributed by atoms with Gasteiger partial charge in [0, 0.05) is 12.1 Å². The molecule has 1 unspecified atom stereocenters. The number of aromatic nitrogens is 1. The van der Waals surface area contributed by atoms with E-state index in [2.05, 4.69) is 9.98 Å². The number of carbonyl (C=O) groups is 1. The Morgan fingerprint density at radius 3 is 2.48 bits per heavy atom. The Kier molecular flexibility index (Phi) is 5.92. The van der Waals surface area contributed by atoms with Gasteiger partial charge in [0.2, 0.25) is 0 Å². The van der Waals surface area contributed by atoms with Crippen LogP contribution in [0, 0.1) is 6.92 Å². The van der Waals surface area contributed by atoms with E-state index in [1.54, 1.807) is 32.0 Å². The van der Waals surface area contributed by atoms with Crippen LogP contribution in [0.1, 0.15) is 40.4 Å². The minimum atomic E-state index is -4.60. The van der Waals surface area contributed by atoms with Crippen LogP contribution in [0.15, 0.2) is 35.3 Å². The fraction of sp³-hybridized carbons (Fsp3) is 0.350. The summed E-state index contributed by atoms with van der Waals surface area (Å²) in [6, 6.07) is 7.16. The van der Waals surface area contributed by atoms with E-state index in [0.29, 0.717) is 16.7 Å². The number of carbonyl (C=O) groups excluding carboxylic acids is 1. The summed E-state index contributed by atoms with van der Waals surface area (Å²) in [5.41, 5.74) is -0.804. The fourth-order valence-corrected chi connectivity index (χ4v) is 3.94. The first kappa shape index (κ1) is 21.6. The van der Waals surface area contributed by atoms with E-state index < -0.39 is 30.5 Å². The quantitative estimate of drug-likeness (QED) is 0.457. The zero-order valence-electron chi connectivity index (χ0n) is 15.6. The number of nitrogens with zero attached hydrogens (tertiary/aromatic N) is 2. The highest BCUT2D eigenvalue weighted by atomic mass is 35.5. The van der Waals surface area contributed by atoms with Crippen LogP contribution in [-0.4, -0.2) is 36.0 Å². The average Bonchev–Trinajstić information content (AvgIpc) is 3.08. The maximum absolute atomic E-state index is 14.2. The summed E-state index contributed by atoms with van der Waals surface area (Å²) in [5.74, 6) is -0.528. The number of ether oxygens (including phenoxy) is 1. The van der Waals surface area contributed by atoms with Crippen molar-refractivity contribution in [2.75, 3.05) is 13.2 Å². The largest absolute Gasteiger partial charge is 0.462 e. The predicted octanol–water partition coefficient (Wildman–Crippen LogP) is 5.57. The third kappa shape index (κ3) is 3.98. The van der Waals surface area contributed by atoms with E-state index in [4.69, 9.17) is 27.9 Å². The van der Waals surface area contributed by atoms with Crippen molar-refractivity contribution in [3.05, 3.63) is 62.9 Å². The van der Waals surface area contributed by atoms with Gasteiger partial charge in [0.25, 0.3) is 0 Å². The second-order valence-electron chi connectivity index (χ2n) is 6.72. The number of hydrogen-bond acceptors (Lipinski definition) is 4. The average molecular weight is 445 g/mol. The monoisotopic (exact) mass is 444 g/mol. The Morgan fingerprint density at radius 1 is 1.24 bits per heavy atom. The number of halogens is 5. The number of esters is 1. The topological polar surface area (TPSA) is 51.5 Å². The summed E-state index contributed by atoms with van der Waals surface area (Å²) in [7, 11) is 0. The molecule has 3 rings (SSSR count). The maximum Gasteiger partial charge on any atom is 0.400 e. The summed E-state index contributed by atoms with van der Waals surface area (Å²) in [4.78, 5) is 20.1. The van der Waals surface area contributed by atoms with Crippen LogP contribution < -0.4 is 0 Å². The van der Waals surface area contributed by atoms with Crippen LogP contribution in [0.2, 0.25) is 10.3 Å². The zero-order valence-corrected chi connectivity index (χ0v) is 17.1. The molecule has 1 aromatic carbocycles. The van der Waals surface area contributed by atoms with Gasteiger partial charge in [-0.25, -0.2) is 9.78 Å². The molecule has 0 radical (unpaired) electrons. The van der Waals surface area contributed by atoms with Crippen molar-refractivity contribution in [1.29, 1.82) is 0 Å². The molecule has 2 heterocycles. The zero-order chi connectivity index (χ0) is 21.4. The lowest BCUT2D eigenvalue weighted by Crippen LogP contribution is -2.44. The van der Waals surface area contributed by atoms with Gasteiger partial charge in [0.15, 0.2) is 0 Å². The van der Waals surface area contributed by atoms with Gasteiger partial charge in [0.05, 0.1) is 18.7 Å². The van der Waals surface area contributed by atoms with Crippen LogP contribution in [0.4, 0.5) is 13.2 Å². The highest BCUT2D eigenvalue weighted by molar-refractivity contribution is 6.32. The van der Waals surface area contributed by atoms with Crippen LogP contribution in [0.3, 0.4) is 0 Å². The molecule has 1 aliphatic heterocycles. The lowest BCUT2D eigenvalue weighted by Gasteiger charge is -2.31. The van der Waals surface area contributed by atoms with Crippen LogP contribution in [0.5, 0.6) is 0 Å². The van der Waals surface area contributed by atoms with Crippen molar-refractivity contribution in [3.63, 3.8) is 0 Å². The molecule has 0 N–H and O–H groups in total. The van der Waals surface area contributed by atoms with E-state index in [1.807, 2.05) is 0 Å². The molecular formula is C20H17Cl2F3N2O2. The molecule has 0 fully saturated rings. The van der Waals surface area contributed by atoms with Crippen molar-refractivity contribution < 1.29 is 22.7 Å². The minimum Gasteiger partial charge on any atom is -0.462 e. The van der Waals surface area contributed by atoms with Gasteiger partial charge < -0.3 is 4.74 Å². The second-order valence-corrected chi connectivity index (χ2v) is 7.49. The van der Waals surface area contributed by atoms with Gasteiger partial charge in [-0.15, -0.1) is 0 Å². The van der Waals surface area contributed by atoms with Gasteiger partial charge in [-0.3, -0.25) is 4.99 Å². The second kappa shape index (κ2) is 7.95. The van der Waals surface area contributed by atoms with Crippen LogP contribution >= 0.6 is 23.2 Å². The Labute approximate surface area is 175 Å². The number of benzene rings is 1. The molecular weight excluding hydrogens is 428 g/mol. The molecule has 4 nitrogen and oxygen atoms in total. The van der Waals surface area contributed by atoms with Crippen molar-refractivity contribution >= 4 is 34.9 Å². The van der Waals surface area contributed by atoms with Gasteiger partial charge in [-0.1, -0.05) is 35.3 Å². The van der Waals surface area contributed by atoms with Crippen molar-refractivity contribution in [2.24, 2.45) is 4.99 Å². The smallest absolute Gasteiger partial charge is 0.400 e. The summed E-state index contributed by atoms with van der Waals surface area (Å²) >= 11 is 11.7. The van der Waals surface area contributed by atoms with Crippen molar-refractivity contribution in [1.82, 2.24) is 4.98 Å². The highest BCUT2D eigenvalue weighted by Gasteiger charge is 2.58. The molecule has 1 aliphatic rings. The number of rotatable bonds is 4. The lowest BCUT2D eigenvalue weighted by molar-refractivity contribution is -0.183. The van der Waals surface area contributed by atoms with Gasteiger partial charge in [-0.05, 0) is 48.7 Å². The summed E-state index contributed by atoms with van der Waals surface area (Å²) in [6.07, 6.45) is -5.00. The third-order valence-electron chi connectivity index (χ3n) is 5.01. The SMILES string of the molecule is CCOC(=O)c1cccc(C2=NCC(c3cc(Cl)nc(Cl)c3)(C(F)(F)F)C2)c1C. The van der Waals surface area contributed by atoms with Gasteiger partial charge in [-0.2, -0.15) is 13.2 Å². The van der Waals surface area contributed by atoms with Crippen LogP contribution in [0.25, 0.3) is 0 Å². The van der Waals surface area contributed by atoms with E-state index in [0.717, 1.165) is 0 Å². The molecule has 0 amide bonds. The normalized spacial score (nSPS) is 19.2. The Balaban J connectivity index is 2.04. The first-order valence-corrected chi connectivity index (χ1v) is 9.55. The Hall–Kier alpha value is -2.12. The number of pyridine rings is 1. The van der Waals surface area contributed by atoms with Crippen molar-refractivity contribution in [2.45, 2.75) is 31.9 Å². The minimum absolute atomic E-state index is 0.0899. The number of aliphatic imine (C=N–C) groups is 1. The molecule has 1 atom stereocenters. The first-order valence-electron chi connectivity index (χ1n) is 8.80. The summed E-state index contributed by atoms with van der Waals surface area (Å²) in [6.45, 7) is 3.04. The van der Waals surface area contributed by atoms with E-state index in [-0.39, 0.29) is 28.2 Å². The van der Waals surface area contributed by atoms with E-state index >= 15 is 0 Å². The van der Waals surface area contributed by atoms with E-state index in [9.17, 15) is 18.0 Å².